The largest absolute Gasteiger partial charge is 0.380 e. The number of nitrogens with zero attached hydrogens (tertiary/aromatic N) is 1. The van der Waals surface area contributed by atoms with Gasteiger partial charge in [-0.25, -0.2) is 0 Å². The molecule has 0 aliphatic carbocycles. The molecule has 20 heavy (non-hydrogen) atoms. The van der Waals surface area contributed by atoms with E-state index in [9.17, 15) is 0 Å². The highest BCUT2D eigenvalue weighted by Gasteiger charge is 2.32. The van der Waals surface area contributed by atoms with E-state index in [1.807, 2.05) is 0 Å². The van der Waals surface area contributed by atoms with Crippen molar-refractivity contribution in [3.05, 3.63) is 0 Å². The van der Waals surface area contributed by atoms with Crippen molar-refractivity contribution in [3.63, 3.8) is 0 Å². The van der Waals surface area contributed by atoms with Gasteiger partial charge >= 0.3 is 0 Å². The van der Waals surface area contributed by atoms with Crippen LogP contribution in [0.4, 0.5) is 0 Å². The summed E-state index contributed by atoms with van der Waals surface area (Å²) in [6.07, 6.45) is 6.54. The molecule has 2 aliphatic rings. The molecule has 0 saturated carbocycles. The fourth-order valence-corrected chi connectivity index (χ4v) is 3.79. The van der Waals surface area contributed by atoms with Crippen molar-refractivity contribution in [2.75, 3.05) is 32.8 Å². The third-order valence-electron chi connectivity index (χ3n) is 5.20. The topological polar surface area (TPSA) is 24.5 Å². The van der Waals surface area contributed by atoms with Gasteiger partial charge in [-0.05, 0) is 63.6 Å². The lowest BCUT2D eigenvalue weighted by Crippen LogP contribution is -2.55. The first-order valence-corrected chi connectivity index (χ1v) is 8.77. The van der Waals surface area contributed by atoms with E-state index in [0.717, 1.165) is 31.6 Å². The summed E-state index contributed by atoms with van der Waals surface area (Å²) in [6.45, 7) is 12.5. The Balaban J connectivity index is 1.90. The first-order chi connectivity index (χ1) is 9.72. The smallest absolute Gasteiger partial charge is 0.0637 e. The Morgan fingerprint density at radius 1 is 1.20 bits per heavy atom. The zero-order chi connectivity index (χ0) is 14.4. The fourth-order valence-electron chi connectivity index (χ4n) is 3.79. The zero-order valence-electron chi connectivity index (χ0n) is 13.7. The van der Waals surface area contributed by atoms with Gasteiger partial charge in [0.1, 0.15) is 0 Å². The molecule has 3 unspecified atom stereocenters. The summed E-state index contributed by atoms with van der Waals surface area (Å²) in [5.41, 5.74) is 0. The fraction of sp³-hybridized carbons (Fsp3) is 1.00. The molecule has 0 amide bonds. The van der Waals surface area contributed by atoms with Crippen molar-refractivity contribution in [1.29, 1.82) is 0 Å². The van der Waals surface area contributed by atoms with Gasteiger partial charge in [-0.1, -0.05) is 20.8 Å². The van der Waals surface area contributed by atoms with Crippen molar-refractivity contribution in [3.8, 4) is 0 Å². The molecule has 0 aromatic heterocycles. The summed E-state index contributed by atoms with van der Waals surface area (Å²) in [5, 5.41) is 3.75. The van der Waals surface area contributed by atoms with E-state index in [2.05, 4.69) is 31.0 Å². The van der Waals surface area contributed by atoms with E-state index in [1.54, 1.807) is 0 Å². The molecule has 118 valence electrons. The number of hydrogen-bond donors (Lipinski definition) is 1. The third-order valence-corrected chi connectivity index (χ3v) is 5.20. The molecule has 0 radical (unpaired) electrons. The first kappa shape index (κ1) is 16.3. The van der Waals surface area contributed by atoms with Gasteiger partial charge in [0.2, 0.25) is 0 Å². The Labute approximate surface area is 125 Å². The molecule has 2 saturated heterocycles. The lowest BCUT2D eigenvalue weighted by molar-refractivity contribution is -0.00249. The van der Waals surface area contributed by atoms with E-state index in [0.29, 0.717) is 12.1 Å². The van der Waals surface area contributed by atoms with Crippen molar-refractivity contribution in [1.82, 2.24) is 10.2 Å². The SMILES string of the molecule is CCCNC1CCOCC1N1CCCC(C(C)C)CC1. The van der Waals surface area contributed by atoms with Gasteiger partial charge in [0.15, 0.2) is 0 Å². The highest BCUT2D eigenvalue weighted by atomic mass is 16.5. The predicted molar refractivity (Wildman–Crippen MR) is 85.1 cm³/mol. The maximum Gasteiger partial charge on any atom is 0.0637 e. The molecule has 2 rings (SSSR count). The molecular weight excluding hydrogens is 248 g/mol. The first-order valence-electron chi connectivity index (χ1n) is 8.77. The minimum atomic E-state index is 0.598. The van der Waals surface area contributed by atoms with Crippen LogP contribution in [-0.4, -0.2) is 49.8 Å². The van der Waals surface area contributed by atoms with Crippen LogP contribution >= 0.6 is 0 Å². The van der Waals surface area contributed by atoms with Crippen molar-refractivity contribution in [2.45, 2.75) is 65.0 Å². The van der Waals surface area contributed by atoms with E-state index >= 15 is 0 Å². The zero-order valence-corrected chi connectivity index (χ0v) is 13.7. The molecule has 3 heteroatoms. The molecular formula is C17H34N2O. The summed E-state index contributed by atoms with van der Waals surface area (Å²) < 4.78 is 5.78. The van der Waals surface area contributed by atoms with Crippen LogP contribution < -0.4 is 5.32 Å². The Kier molecular flexibility index (Phi) is 6.79. The van der Waals surface area contributed by atoms with Crippen LogP contribution in [0, 0.1) is 11.8 Å². The number of likely N-dealkylation sites (tertiary alicyclic amines) is 1. The van der Waals surface area contributed by atoms with Crippen LogP contribution in [0.1, 0.15) is 52.9 Å². The van der Waals surface area contributed by atoms with Crippen LogP contribution in [0.5, 0.6) is 0 Å². The average Bonchev–Trinajstić information content (AvgIpc) is 2.71. The average molecular weight is 282 g/mol. The highest BCUT2D eigenvalue weighted by molar-refractivity contribution is 4.89. The number of rotatable bonds is 5. The van der Waals surface area contributed by atoms with Gasteiger partial charge in [0.05, 0.1) is 6.61 Å². The van der Waals surface area contributed by atoms with Crippen LogP contribution in [0.3, 0.4) is 0 Å². The second kappa shape index (κ2) is 8.35. The number of nitrogens with one attached hydrogen (secondary N) is 1. The van der Waals surface area contributed by atoms with Crippen molar-refractivity contribution < 1.29 is 4.74 Å². The maximum atomic E-state index is 5.78. The summed E-state index contributed by atoms with van der Waals surface area (Å²) in [6, 6.07) is 1.24. The van der Waals surface area contributed by atoms with Crippen LogP contribution in [0.15, 0.2) is 0 Å². The van der Waals surface area contributed by atoms with Crippen molar-refractivity contribution >= 4 is 0 Å². The number of ether oxygens (including phenoxy) is 1. The monoisotopic (exact) mass is 282 g/mol. The molecule has 2 heterocycles. The Bertz CT molecular complexity index is 270. The lowest BCUT2D eigenvalue weighted by atomic mass is 9.89. The molecule has 2 fully saturated rings. The summed E-state index contributed by atoms with van der Waals surface area (Å²) in [7, 11) is 0. The molecule has 1 N–H and O–H groups in total. The van der Waals surface area contributed by atoms with E-state index in [4.69, 9.17) is 4.74 Å². The highest BCUT2D eigenvalue weighted by Crippen LogP contribution is 2.27. The maximum absolute atomic E-state index is 5.78. The Morgan fingerprint density at radius 3 is 2.80 bits per heavy atom. The van der Waals surface area contributed by atoms with E-state index in [1.165, 1.54) is 45.2 Å². The predicted octanol–water partition coefficient (Wildman–Crippen LogP) is 2.90. The molecule has 0 spiro atoms. The van der Waals surface area contributed by atoms with Gasteiger partial charge in [-0.3, -0.25) is 4.90 Å². The second-order valence-corrected chi connectivity index (χ2v) is 6.96. The second-order valence-electron chi connectivity index (χ2n) is 6.96. The van der Waals surface area contributed by atoms with Gasteiger partial charge in [-0.2, -0.15) is 0 Å². The van der Waals surface area contributed by atoms with E-state index in [-0.39, 0.29) is 0 Å². The van der Waals surface area contributed by atoms with Gasteiger partial charge in [0.25, 0.3) is 0 Å². The molecule has 2 aliphatic heterocycles. The van der Waals surface area contributed by atoms with Gasteiger partial charge in [-0.15, -0.1) is 0 Å². The van der Waals surface area contributed by atoms with Crippen molar-refractivity contribution in [2.24, 2.45) is 11.8 Å². The van der Waals surface area contributed by atoms with Gasteiger partial charge in [0, 0.05) is 18.7 Å². The van der Waals surface area contributed by atoms with Crippen LogP contribution in [0.2, 0.25) is 0 Å². The Morgan fingerprint density at radius 2 is 2.05 bits per heavy atom. The van der Waals surface area contributed by atoms with Crippen LogP contribution in [-0.2, 0) is 4.74 Å². The summed E-state index contributed by atoms with van der Waals surface area (Å²) >= 11 is 0. The summed E-state index contributed by atoms with van der Waals surface area (Å²) in [4.78, 5) is 2.72. The molecule has 3 nitrogen and oxygen atoms in total. The third kappa shape index (κ3) is 4.44. The lowest BCUT2D eigenvalue weighted by Gasteiger charge is -2.40. The molecule has 0 bridgehead atoms. The quantitative estimate of drug-likeness (QED) is 0.839. The Hall–Kier alpha value is -0.120. The molecule has 0 aromatic carbocycles. The normalized spacial score (nSPS) is 33.3. The van der Waals surface area contributed by atoms with E-state index < -0.39 is 0 Å². The standard InChI is InChI=1S/C17H34N2O/c1-4-9-18-16-8-12-20-13-17(16)19-10-5-6-15(7-11-19)14(2)3/h14-18H,4-13H2,1-3H3. The molecule has 3 atom stereocenters. The van der Waals surface area contributed by atoms with Crippen LogP contribution in [0.25, 0.3) is 0 Å². The minimum Gasteiger partial charge on any atom is -0.380 e. The summed E-state index contributed by atoms with van der Waals surface area (Å²) in [5.74, 6) is 1.76. The number of hydrogen-bond acceptors (Lipinski definition) is 3. The minimum absolute atomic E-state index is 0.598. The molecule has 0 aromatic rings. The van der Waals surface area contributed by atoms with Gasteiger partial charge < -0.3 is 10.1 Å².